The molecule has 0 bridgehead atoms. The van der Waals surface area contributed by atoms with Crippen molar-refractivity contribution in [3.63, 3.8) is 0 Å². The van der Waals surface area contributed by atoms with Crippen molar-refractivity contribution in [2.75, 3.05) is 26.2 Å². The zero-order valence-corrected chi connectivity index (χ0v) is 30.1. The number of alkyl halides is 3. The van der Waals surface area contributed by atoms with Crippen LogP contribution in [0.2, 0.25) is 0 Å². The van der Waals surface area contributed by atoms with Gasteiger partial charge >= 0.3 is 12.1 Å². The molecule has 0 N–H and O–H groups in total. The van der Waals surface area contributed by atoms with Crippen LogP contribution in [0, 0.1) is 0 Å². The van der Waals surface area contributed by atoms with Crippen molar-refractivity contribution < 1.29 is 22.7 Å². The zero-order chi connectivity index (χ0) is 35.6. The number of esters is 1. The van der Waals surface area contributed by atoms with E-state index in [1.165, 1.54) is 34.4 Å². The molecule has 0 amide bonds. The summed E-state index contributed by atoms with van der Waals surface area (Å²) in [6.45, 7) is 9.22. The van der Waals surface area contributed by atoms with Crippen LogP contribution in [0.5, 0.6) is 0 Å². The van der Waals surface area contributed by atoms with E-state index in [0.29, 0.717) is 18.6 Å². The van der Waals surface area contributed by atoms with Crippen molar-refractivity contribution >= 4 is 23.9 Å². The highest BCUT2D eigenvalue weighted by Gasteiger charge is 2.31. The van der Waals surface area contributed by atoms with E-state index in [0.717, 1.165) is 48.8 Å². The summed E-state index contributed by atoms with van der Waals surface area (Å²) in [7, 11) is 0. The zero-order valence-electron chi connectivity index (χ0n) is 29.3. The van der Waals surface area contributed by atoms with Crippen molar-refractivity contribution in [1.29, 1.82) is 0 Å². The first-order chi connectivity index (χ1) is 24.0. The molecule has 0 fully saturated rings. The molecule has 0 spiro atoms. The predicted molar refractivity (Wildman–Crippen MR) is 205 cm³/mol. The van der Waals surface area contributed by atoms with Crippen LogP contribution in [0.4, 0.5) is 13.2 Å². The van der Waals surface area contributed by atoms with Gasteiger partial charge in [-0.1, -0.05) is 141 Å². The van der Waals surface area contributed by atoms with E-state index in [2.05, 4.69) is 73.4 Å². The fraction of sp³-hybridized carbons (Fsp3) is 0.250. The number of carbonyl (C=O) groups excluding carboxylic acids is 1. The molecule has 51 heavy (non-hydrogen) atoms. The van der Waals surface area contributed by atoms with Gasteiger partial charge < -0.3 is 4.74 Å². The Balaban J connectivity index is 0.000000261. The summed E-state index contributed by atoms with van der Waals surface area (Å²) in [5.74, 6) is -0.176. The van der Waals surface area contributed by atoms with E-state index >= 15 is 0 Å². The smallest absolute Gasteiger partial charge is 0.416 e. The van der Waals surface area contributed by atoms with E-state index in [4.69, 9.17) is 4.74 Å². The number of hydrogen-bond acceptors (Lipinski definition) is 3. The van der Waals surface area contributed by atoms with Gasteiger partial charge in [0, 0.05) is 25.0 Å². The lowest BCUT2D eigenvalue weighted by Crippen LogP contribution is -2.39. The lowest BCUT2D eigenvalue weighted by atomic mass is 9.83. The van der Waals surface area contributed by atoms with Crippen molar-refractivity contribution in [3.8, 4) is 22.3 Å². The number of rotatable bonds is 9. The van der Waals surface area contributed by atoms with Crippen molar-refractivity contribution in [2.45, 2.75) is 45.2 Å². The predicted octanol–water partition coefficient (Wildman–Crippen LogP) is 11.3. The molecule has 0 saturated carbocycles. The standard InChI is InChI=1S/C28H28F3N.C16H16O2.ClH/c1-27(2,25-13-11-22(12-14-25)21-7-4-3-5-8-21)20-32-17-15-23(16-18-32)24-9-6-10-26(19-24)28(29,30)31;1-2-18-16(17)12-13-8-10-15(11-9-13)14-6-4-3-5-7-14;/h3-15,19H,16-18,20H2,1-2H3;3-11H,2,12H2,1H3;1H. The van der Waals surface area contributed by atoms with Gasteiger partial charge in [-0.15, -0.1) is 12.4 Å². The van der Waals surface area contributed by atoms with Crippen molar-refractivity contribution in [1.82, 2.24) is 4.90 Å². The Kier molecular flexibility index (Phi) is 13.8. The maximum atomic E-state index is 13.0. The number of nitrogens with zero attached hydrogens (tertiary/aromatic N) is 1. The van der Waals surface area contributed by atoms with Crippen LogP contribution in [0.25, 0.3) is 27.8 Å². The first-order valence-electron chi connectivity index (χ1n) is 17.1. The van der Waals surface area contributed by atoms with Gasteiger partial charge in [0.25, 0.3) is 0 Å². The largest absolute Gasteiger partial charge is 0.466 e. The maximum absolute atomic E-state index is 13.0. The average molecular weight is 712 g/mol. The third-order valence-corrected chi connectivity index (χ3v) is 8.96. The highest BCUT2D eigenvalue weighted by molar-refractivity contribution is 5.85. The summed E-state index contributed by atoms with van der Waals surface area (Å²) >= 11 is 0. The van der Waals surface area contributed by atoms with Crippen LogP contribution in [-0.2, 0) is 27.5 Å². The Morgan fingerprint density at radius 1 is 0.686 bits per heavy atom. The molecule has 6 rings (SSSR count). The van der Waals surface area contributed by atoms with Crippen molar-refractivity contribution in [2.24, 2.45) is 0 Å². The summed E-state index contributed by atoms with van der Waals surface area (Å²) in [5, 5.41) is 0. The molecule has 5 aromatic carbocycles. The maximum Gasteiger partial charge on any atom is 0.416 e. The number of carbonyl (C=O) groups is 1. The van der Waals surface area contributed by atoms with Gasteiger partial charge in [-0.05, 0) is 70.0 Å². The second kappa shape index (κ2) is 18.0. The number of benzene rings is 5. The van der Waals surface area contributed by atoms with Crippen LogP contribution >= 0.6 is 12.4 Å². The normalized spacial score (nSPS) is 13.3. The molecule has 0 radical (unpaired) electrons. The van der Waals surface area contributed by atoms with Crippen LogP contribution in [0.1, 0.15) is 49.4 Å². The summed E-state index contributed by atoms with van der Waals surface area (Å²) in [6, 6.07) is 42.9. The first kappa shape index (κ1) is 39.1. The second-order valence-corrected chi connectivity index (χ2v) is 13.2. The summed E-state index contributed by atoms with van der Waals surface area (Å²) in [5.41, 5.74) is 8.07. The third-order valence-electron chi connectivity index (χ3n) is 8.96. The van der Waals surface area contributed by atoms with Crippen LogP contribution in [0.3, 0.4) is 0 Å². The Labute approximate surface area is 306 Å². The van der Waals surface area contributed by atoms with Crippen molar-refractivity contribution in [3.05, 3.63) is 162 Å². The minimum absolute atomic E-state index is 0. The number of ether oxygens (including phenoxy) is 1. The van der Waals surface area contributed by atoms with E-state index < -0.39 is 11.7 Å². The molecule has 0 aliphatic carbocycles. The topological polar surface area (TPSA) is 29.5 Å². The van der Waals surface area contributed by atoms with Crippen LogP contribution in [-0.4, -0.2) is 37.1 Å². The molecule has 5 aromatic rings. The Morgan fingerprint density at radius 2 is 1.22 bits per heavy atom. The fourth-order valence-corrected chi connectivity index (χ4v) is 6.23. The highest BCUT2D eigenvalue weighted by Crippen LogP contribution is 2.33. The van der Waals surface area contributed by atoms with Crippen LogP contribution < -0.4 is 0 Å². The van der Waals surface area contributed by atoms with Gasteiger partial charge in [0.15, 0.2) is 0 Å². The lowest BCUT2D eigenvalue weighted by Gasteiger charge is -2.35. The number of hydrogen-bond donors (Lipinski definition) is 0. The summed E-state index contributed by atoms with van der Waals surface area (Å²) < 4.78 is 44.0. The Morgan fingerprint density at radius 3 is 1.73 bits per heavy atom. The third kappa shape index (κ3) is 11.2. The summed E-state index contributed by atoms with van der Waals surface area (Å²) in [4.78, 5) is 13.7. The number of halogens is 4. The van der Waals surface area contributed by atoms with Gasteiger partial charge in [-0.25, -0.2) is 0 Å². The minimum atomic E-state index is -4.31. The molecular weight excluding hydrogens is 667 g/mol. The quantitative estimate of drug-likeness (QED) is 0.143. The fourth-order valence-electron chi connectivity index (χ4n) is 6.23. The first-order valence-corrected chi connectivity index (χ1v) is 17.1. The SMILES string of the molecule is CC(C)(CN1CC=C(c2cccc(C(F)(F)F)c2)CC1)c1ccc(-c2ccccc2)cc1.CCOC(=O)Cc1ccc(-c2ccccc2)cc1.Cl. The molecule has 0 unspecified atom stereocenters. The monoisotopic (exact) mass is 711 g/mol. The Hall–Kier alpha value is -4.65. The minimum Gasteiger partial charge on any atom is -0.466 e. The van der Waals surface area contributed by atoms with Gasteiger partial charge in [-0.3, -0.25) is 9.69 Å². The molecule has 0 saturated heterocycles. The Bertz CT molecular complexity index is 1850. The highest BCUT2D eigenvalue weighted by atomic mass is 35.5. The summed E-state index contributed by atoms with van der Waals surface area (Å²) in [6.07, 6.45) is -1.14. The average Bonchev–Trinajstić information content (AvgIpc) is 3.13. The molecule has 3 nitrogen and oxygen atoms in total. The molecule has 1 heterocycles. The van der Waals surface area contributed by atoms with Gasteiger partial charge in [0.1, 0.15) is 0 Å². The molecule has 0 aromatic heterocycles. The molecule has 1 aliphatic heterocycles. The second-order valence-electron chi connectivity index (χ2n) is 13.2. The van der Waals surface area contributed by atoms with Gasteiger partial charge in [-0.2, -0.15) is 13.2 Å². The molecular formula is C44H45ClF3NO2. The molecule has 1 aliphatic rings. The van der Waals surface area contributed by atoms with Gasteiger partial charge in [0.2, 0.25) is 0 Å². The lowest BCUT2D eigenvalue weighted by molar-refractivity contribution is -0.142. The van der Waals surface area contributed by atoms with E-state index in [1.807, 2.05) is 67.6 Å². The van der Waals surface area contributed by atoms with E-state index in [9.17, 15) is 18.0 Å². The molecule has 7 heteroatoms. The van der Waals surface area contributed by atoms with E-state index in [1.54, 1.807) is 6.07 Å². The van der Waals surface area contributed by atoms with E-state index in [-0.39, 0.29) is 23.8 Å². The van der Waals surface area contributed by atoms with Gasteiger partial charge in [0.05, 0.1) is 18.6 Å². The molecule has 0 atom stereocenters. The molecule has 266 valence electrons. The van der Waals surface area contributed by atoms with Crippen LogP contribution in [0.15, 0.2) is 140 Å².